The van der Waals surface area contributed by atoms with Gasteiger partial charge in [-0.2, -0.15) is 11.8 Å². The van der Waals surface area contributed by atoms with Crippen molar-refractivity contribution in [3.05, 3.63) is 29.8 Å². The summed E-state index contributed by atoms with van der Waals surface area (Å²) in [4.78, 5) is 10.9. The quantitative estimate of drug-likeness (QED) is 0.837. The average Bonchev–Trinajstić information content (AvgIpc) is 2.86. The van der Waals surface area contributed by atoms with Crippen LogP contribution in [0, 0.1) is 0 Å². The van der Waals surface area contributed by atoms with Gasteiger partial charge in [-0.15, -0.1) is 0 Å². The molecule has 2 unspecified atom stereocenters. The van der Waals surface area contributed by atoms with E-state index in [9.17, 15) is 13.2 Å². The number of carboxylic acid groups (broad SMARTS) is 1. The van der Waals surface area contributed by atoms with Crippen LogP contribution in [0.1, 0.15) is 36.5 Å². The third-order valence-electron chi connectivity index (χ3n) is 3.50. The Morgan fingerprint density at radius 2 is 2.19 bits per heavy atom. The highest BCUT2D eigenvalue weighted by atomic mass is 32.2. The van der Waals surface area contributed by atoms with Gasteiger partial charge in [0.25, 0.3) is 0 Å². The Balaban J connectivity index is 2.09. The largest absolute Gasteiger partial charge is 0.478 e. The van der Waals surface area contributed by atoms with Gasteiger partial charge in [0.1, 0.15) is 0 Å². The first kappa shape index (κ1) is 16.3. The second kappa shape index (κ2) is 6.81. The Morgan fingerprint density at radius 1 is 1.43 bits per heavy atom. The zero-order chi connectivity index (χ0) is 15.5. The van der Waals surface area contributed by atoms with Crippen molar-refractivity contribution in [3.8, 4) is 0 Å². The number of nitrogens with one attached hydrogen (secondary N) is 1. The number of hydrogen-bond acceptors (Lipinski definition) is 4. The molecule has 1 fully saturated rings. The van der Waals surface area contributed by atoms with Crippen LogP contribution in [0.3, 0.4) is 0 Å². The van der Waals surface area contributed by atoms with Gasteiger partial charge in [-0.05, 0) is 43.2 Å². The summed E-state index contributed by atoms with van der Waals surface area (Å²) in [6, 6.07) is 5.38. The number of thioether (sulfide) groups is 1. The summed E-state index contributed by atoms with van der Waals surface area (Å²) >= 11 is 1.86. The van der Waals surface area contributed by atoms with Crippen LogP contribution >= 0.6 is 11.8 Å². The number of rotatable bonds is 6. The Morgan fingerprint density at radius 3 is 2.86 bits per heavy atom. The molecule has 2 N–H and O–H groups in total. The third kappa shape index (κ3) is 4.21. The number of carbonyl (C=O) groups is 1. The van der Waals surface area contributed by atoms with Crippen LogP contribution < -0.4 is 4.72 Å². The minimum Gasteiger partial charge on any atom is -0.478 e. The number of sulfonamides is 1. The number of aromatic carboxylic acids is 1. The molecule has 1 aromatic rings. The van der Waals surface area contributed by atoms with Crippen molar-refractivity contribution in [1.29, 1.82) is 0 Å². The smallest absolute Gasteiger partial charge is 0.335 e. The summed E-state index contributed by atoms with van der Waals surface area (Å²) in [6.45, 7) is 2.10. The van der Waals surface area contributed by atoms with Crippen LogP contribution in [0.2, 0.25) is 0 Å². The van der Waals surface area contributed by atoms with E-state index in [0.29, 0.717) is 5.25 Å². The molecule has 1 aliphatic rings. The molecule has 0 amide bonds. The number of hydrogen-bond donors (Lipinski definition) is 2. The molecule has 21 heavy (non-hydrogen) atoms. The van der Waals surface area contributed by atoms with Crippen LogP contribution in [0.5, 0.6) is 0 Å². The normalized spacial score (nSPS) is 22.3. The van der Waals surface area contributed by atoms with E-state index in [1.807, 2.05) is 11.8 Å². The highest BCUT2D eigenvalue weighted by Crippen LogP contribution is 2.30. The monoisotopic (exact) mass is 329 g/mol. The van der Waals surface area contributed by atoms with Crippen LogP contribution in [0.15, 0.2) is 29.2 Å². The van der Waals surface area contributed by atoms with E-state index in [1.165, 1.54) is 24.3 Å². The standard InChI is InChI=1S/C14H19NO4S2/c1-2-20-12-7-6-11(9-12)15-21(18,19)13-5-3-4-10(8-13)14(16)17/h3-5,8,11-12,15H,2,6-7,9H2,1H3,(H,16,17). The fourth-order valence-corrected chi connectivity index (χ4v) is 4.99. The lowest BCUT2D eigenvalue weighted by molar-refractivity contribution is 0.0696. The first-order chi connectivity index (χ1) is 9.92. The van der Waals surface area contributed by atoms with Crippen molar-refractivity contribution in [2.45, 2.75) is 42.4 Å². The molecule has 7 heteroatoms. The predicted octanol–water partition coefficient (Wildman–Crippen LogP) is 2.34. The van der Waals surface area contributed by atoms with Gasteiger partial charge in [0, 0.05) is 11.3 Å². The highest BCUT2D eigenvalue weighted by molar-refractivity contribution is 7.99. The molecule has 1 aromatic carbocycles. The maximum atomic E-state index is 12.3. The topological polar surface area (TPSA) is 83.5 Å². The zero-order valence-corrected chi connectivity index (χ0v) is 13.4. The first-order valence-corrected chi connectivity index (χ1v) is 9.43. The number of carboxylic acids is 1. The lowest BCUT2D eigenvalue weighted by Gasteiger charge is -2.14. The van der Waals surface area contributed by atoms with Crippen LogP contribution in [0.4, 0.5) is 0 Å². The lowest BCUT2D eigenvalue weighted by atomic mass is 10.2. The van der Waals surface area contributed by atoms with Crippen molar-refractivity contribution in [1.82, 2.24) is 4.72 Å². The molecular weight excluding hydrogens is 310 g/mol. The summed E-state index contributed by atoms with van der Waals surface area (Å²) in [5.41, 5.74) is -0.0243. The van der Waals surface area contributed by atoms with Crippen molar-refractivity contribution >= 4 is 27.8 Å². The molecule has 0 spiro atoms. The van der Waals surface area contributed by atoms with Gasteiger partial charge in [0.05, 0.1) is 10.5 Å². The van der Waals surface area contributed by atoms with Crippen molar-refractivity contribution in [2.24, 2.45) is 0 Å². The maximum Gasteiger partial charge on any atom is 0.335 e. The summed E-state index contributed by atoms with van der Waals surface area (Å²) in [7, 11) is -3.66. The molecule has 0 aromatic heterocycles. The molecule has 0 aliphatic heterocycles. The fraction of sp³-hybridized carbons (Fsp3) is 0.500. The maximum absolute atomic E-state index is 12.3. The van der Waals surface area contributed by atoms with Gasteiger partial charge >= 0.3 is 5.97 Å². The molecule has 1 aliphatic carbocycles. The Hall–Kier alpha value is -1.05. The third-order valence-corrected chi connectivity index (χ3v) is 6.25. The molecule has 5 nitrogen and oxygen atoms in total. The van der Waals surface area contributed by atoms with Gasteiger partial charge in [-0.1, -0.05) is 13.0 Å². The molecule has 1 saturated carbocycles. The summed E-state index contributed by atoms with van der Waals surface area (Å²) in [6.07, 6.45) is 2.67. The molecule has 0 saturated heterocycles. The second-order valence-electron chi connectivity index (χ2n) is 5.04. The van der Waals surface area contributed by atoms with E-state index in [0.717, 1.165) is 25.0 Å². The van der Waals surface area contributed by atoms with E-state index in [4.69, 9.17) is 5.11 Å². The Bertz CT molecular complexity index is 615. The zero-order valence-electron chi connectivity index (χ0n) is 11.8. The van der Waals surface area contributed by atoms with Gasteiger partial charge in [-0.3, -0.25) is 0 Å². The molecule has 0 heterocycles. The van der Waals surface area contributed by atoms with Gasteiger partial charge < -0.3 is 5.11 Å². The van der Waals surface area contributed by atoms with Crippen LogP contribution in [-0.2, 0) is 10.0 Å². The number of benzene rings is 1. The SMILES string of the molecule is CCSC1CCC(NS(=O)(=O)c2cccc(C(=O)O)c2)C1. The van der Waals surface area contributed by atoms with Crippen molar-refractivity contribution in [2.75, 3.05) is 5.75 Å². The van der Waals surface area contributed by atoms with Crippen molar-refractivity contribution in [3.63, 3.8) is 0 Å². The predicted molar refractivity (Wildman–Crippen MR) is 83.3 cm³/mol. The highest BCUT2D eigenvalue weighted by Gasteiger charge is 2.28. The molecule has 0 radical (unpaired) electrons. The van der Waals surface area contributed by atoms with E-state index < -0.39 is 16.0 Å². The fourth-order valence-electron chi connectivity index (χ4n) is 2.52. The minimum atomic E-state index is -3.66. The van der Waals surface area contributed by atoms with Gasteiger partial charge in [0.15, 0.2) is 0 Å². The van der Waals surface area contributed by atoms with E-state index in [2.05, 4.69) is 11.6 Å². The first-order valence-electron chi connectivity index (χ1n) is 6.89. The van der Waals surface area contributed by atoms with E-state index in [1.54, 1.807) is 0 Å². The van der Waals surface area contributed by atoms with E-state index >= 15 is 0 Å². The van der Waals surface area contributed by atoms with Gasteiger partial charge in [0.2, 0.25) is 10.0 Å². The summed E-state index contributed by atoms with van der Waals surface area (Å²) in [5.74, 6) is -0.0996. The van der Waals surface area contributed by atoms with Crippen LogP contribution in [-0.4, -0.2) is 36.5 Å². The molecule has 0 bridgehead atoms. The summed E-state index contributed by atoms with van der Waals surface area (Å²) < 4.78 is 27.3. The minimum absolute atomic E-state index is 0.00833. The average molecular weight is 329 g/mol. The Kier molecular flexibility index (Phi) is 5.29. The van der Waals surface area contributed by atoms with Crippen LogP contribution in [0.25, 0.3) is 0 Å². The second-order valence-corrected chi connectivity index (χ2v) is 8.33. The van der Waals surface area contributed by atoms with Gasteiger partial charge in [-0.25, -0.2) is 17.9 Å². The van der Waals surface area contributed by atoms with Crippen molar-refractivity contribution < 1.29 is 18.3 Å². The Labute approximate surface area is 129 Å². The molecule has 2 rings (SSSR count). The lowest BCUT2D eigenvalue weighted by Crippen LogP contribution is -2.33. The molecule has 116 valence electrons. The van der Waals surface area contributed by atoms with E-state index in [-0.39, 0.29) is 16.5 Å². The molecular formula is C14H19NO4S2. The molecule has 2 atom stereocenters. The summed E-state index contributed by atoms with van der Waals surface area (Å²) in [5, 5.41) is 9.44.